The first-order valence-electron chi connectivity index (χ1n) is 6.21. The van der Waals surface area contributed by atoms with Crippen molar-refractivity contribution >= 4 is 5.91 Å². The van der Waals surface area contributed by atoms with E-state index in [-0.39, 0.29) is 11.7 Å². The molecule has 1 fully saturated rings. The Labute approximate surface area is 111 Å². The van der Waals surface area contributed by atoms with Gasteiger partial charge in [-0.3, -0.25) is 4.79 Å². The summed E-state index contributed by atoms with van der Waals surface area (Å²) in [5.41, 5.74) is 0.348. The average Bonchev–Trinajstić information content (AvgIpc) is 2.47. The van der Waals surface area contributed by atoms with Crippen LogP contribution in [0.15, 0.2) is 18.2 Å². The van der Waals surface area contributed by atoms with Gasteiger partial charge in [0.05, 0.1) is 13.2 Å². The molecule has 5 heteroatoms. The zero-order valence-electron chi connectivity index (χ0n) is 10.7. The smallest absolute Gasteiger partial charge is 0.255 e. The van der Waals surface area contributed by atoms with E-state index in [4.69, 9.17) is 10.00 Å². The van der Waals surface area contributed by atoms with Gasteiger partial charge < -0.3 is 9.64 Å². The maximum Gasteiger partial charge on any atom is 0.255 e. The third kappa shape index (κ3) is 2.68. The van der Waals surface area contributed by atoms with Gasteiger partial charge in [0.1, 0.15) is 6.04 Å². The first-order chi connectivity index (χ1) is 9.17. The minimum Gasteiger partial charge on any atom is -0.494 e. The van der Waals surface area contributed by atoms with Gasteiger partial charge in [0.25, 0.3) is 5.91 Å². The molecule has 0 bridgehead atoms. The fraction of sp³-hybridized carbons (Fsp3) is 0.429. The topological polar surface area (TPSA) is 53.3 Å². The largest absolute Gasteiger partial charge is 0.494 e. The quantitative estimate of drug-likeness (QED) is 0.822. The molecule has 1 aliphatic heterocycles. The predicted molar refractivity (Wildman–Crippen MR) is 67.2 cm³/mol. The van der Waals surface area contributed by atoms with Gasteiger partial charge in [0.15, 0.2) is 11.6 Å². The summed E-state index contributed by atoms with van der Waals surface area (Å²) in [7, 11) is 1.35. The van der Waals surface area contributed by atoms with Gasteiger partial charge >= 0.3 is 0 Å². The second kappa shape index (κ2) is 5.70. The summed E-state index contributed by atoms with van der Waals surface area (Å²) in [5, 5.41) is 9.07. The zero-order chi connectivity index (χ0) is 13.8. The molecule has 1 amide bonds. The summed E-state index contributed by atoms with van der Waals surface area (Å²) >= 11 is 0. The Morgan fingerprint density at radius 3 is 3.00 bits per heavy atom. The fourth-order valence-corrected chi connectivity index (χ4v) is 2.27. The van der Waals surface area contributed by atoms with Gasteiger partial charge in [-0.15, -0.1) is 0 Å². The maximum atomic E-state index is 13.3. The molecule has 0 spiro atoms. The molecule has 0 aromatic heterocycles. The van der Waals surface area contributed by atoms with Crippen LogP contribution in [0, 0.1) is 17.1 Å². The van der Waals surface area contributed by atoms with Gasteiger partial charge in [-0.25, -0.2) is 4.39 Å². The number of nitriles is 1. The van der Waals surface area contributed by atoms with Gasteiger partial charge in [0, 0.05) is 12.1 Å². The number of rotatable bonds is 2. The first-order valence-corrected chi connectivity index (χ1v) is 6.21. The van der Waals surface area contributed by atoms with Crippen LogP contribution in [0.3, 0.4) is 0 Å². The maximum absolute atomic E-state index is 13.3. The van der Waals surface area contributed by atoms with E-state index in [0.29, 0.717) is 18.5 Å². The summed E-state index contributed by atoms with van der Waals surface area (Å²) in [6.07, 6.45) is 2.54. The van der Waals surface area contributed by atoms with Gasteiger partial charge in [-0.1, -0.05) is 0 Å². The van der Waals surface area contributed by atoms with E-state index in [2.05, 4.69) is 6.07 Å². The van der Waals surface area contributed by atoms with E-state index < -0.39 is 11.9 Å². The molecular formula is C14H15FN2O2. The number of halogens is 1. The molecule has 1 atom stereocenters. The van der Waals surface area contributed by atoms with Crippen molar-refractivity contribution in [1.82, 2.24) is 4.90 Å². The second-order valence-corrected chi connectivity index (χ2v) is 4.49. The van der Waals surface area contributed by atoms with Crippen molar-refractivity contribution < 1.29 is 13.9 Å². The lowest BCUT2D eigenvalue weighted by Crippen LogP contribution is -2.42. The molecule has 100 valence electrons. The molecule has 1 aromatic carbocycles. The van der Waals surface area contributed by atoms with Gasteiger partial charge in [0.2, 0.25) is 0 Å². The zero-order valence-corrected chi connectivity index (χ0v) is 10.7. The number of nitrogens with zero attached hydrogens (tertiary/aromatic N) is 2. The SMILES string of the molecule is COc1cc(C(=O)N2CCCCC2C#N)ccc1F. The standard InChI is InChI=1S/C14H15FN2O2/c1-19-13-8-10(5-6-12(13)15)14(18)17-7-3-2-4-11(17)9-16/h5-6,8,11H,2-4,7H2,1H3. The van der Waals surface area contributed by atoms with Crippen LogP contribution in [0.4, 0.5) is 4.39 Å². The number of methoxy groups -OCH3 is 1. The van der Waals surface area contributed by atoms with Crippen LogP contribution >= 0.6 is 0 Å². The third-order valence-corrected chi connectivity index (χ3v) is 3.31. The summed E-state index contributed by atoms with van der Waals surface area (Å²) in [6.45, 7) is 0.566. The van der Waals surface area contributed by atoms with Crippen LogP contribution in [0.2, 0.25) is 0 Å². The van der Waals surface area contributed by atoms with E-state index in [0.717, 1.165) is 12.8 Å². The molecule has 0 aliphatic carbocycles. The number of hydrogen-bond acceptors (Lipinski definition) is 3. The van der Waals surface area contributed by atoms with Crippen LogP contribution < -0.4 is 4.74 Å². The second-order valence-electron chi connectivity index (χ2n) is 4.49. The first kappa shape index (κ1) is 13.3. The van der Waals surface area contributed by atoms with Crippen molar-refractivity contribution in [2.45, 2.75) is 25.3 Å². The highest BCUT2D eigenvalue weighted by Gasteiger charge is 2.27. The lowest BCUT2D eigenvalue weighted by atomic mass is 10.0. The van der Waals surface area contributed by atoms with Gasteiger partial charge in [-0.2, -0.15) is 5.26 Å². The van der Waals surface area contributed by atoms with E-state index in [1.807, 2.05) is 0 Å². The Morgan fingerprint density at radius 2 is 2.32 bits per heavy atom. The molecule has 1 heterocycles. The number of ether oxygens (including phenoxy) is 1. The van der Waals surface area contributed by atoms with E-state index in [9.17, 15) is 9.18 Å². The molecule has 19 heavy (non-hydrogen) atoms. The molecule has 1 saturated heterocycles. The molecule has 4 nitrogen and oxygen atoms in total. The van der Waals surface area contributed by atoms with E-state index >= 15 is 0 Å². The molecule has 1 aromatic rings. The van der Waals surface area contributed by atoms with Crippen LogP contribution in [-0.4, -0.2) is 30.5 Å². The summed E-state index contributed by atoms with van der Waals surface area (Å²) in [5.74, 6) is -0.713. The monoisotopic (exact) mass is 262 g/mol. The number of hydrogen-bond donors (Lipinski definition) is 0. The van der Waals surface area contributed by atoms with Crippen LogP contribution in [-0.2, 0) is 0 Å². The van der Waals surface area contributed by atoms with E-state index in [1.165, 1.54) is 25.3 Å². The molecule has 1 unspecified atom stereocenters. The summed E-state index contributed by atoms with van der Waals surface area (Å²) < 4.78 is 18.2. The van der Waals surface area contributed by atoms with Crippen LogP contribution in [0.25, 0.3) is 0 Å². The summed E-state index contributed by atoms with van der Waals surface area (Å²) in [4.78, 5) is 13.9. The summed E-state index contributed by atoms with van der Waals surface area (Å²) in [6, 6.07) is 5.75. The normalized spacial score (nSPS) is 18.8. The minimum atomic E-state index is -0.505. The number of likely N-dealkylation sites (tertiary alicyclic amines) is 1. The number of carbonyl (C=O) groups excluding carboxylic acids is 1. The Morgan fingerprint density at radius 1 is 1.53 bits per heavy atom. The number of amides is 1. The van der Waals surface area contributed by atoms with E-state index in [1.54, 1.807) is 4.90 Å². The fourth-order valence-electron chi connectivity index (χ4n) is 2.27. The van der Waals surface area contributed by atoms with Crippen molar-refractivity contribution in [1.29, 1.82) is 5.26 Å². The minimum absolute atomic E-state index is 0.0383. The lowest BCUT2D eigenvalue weighted by Gasteiger charge is -2.31. The Bertz CT molecular complexity index is 525. The van der Waals surface area contributed by atoms with Crippen LogP contribution in [0.5, 0.6) is 5.75 Å². The molecule has 1 aliphatic rings. The highest BCUT2D eigenvalue weighted by Crippen LogP contribution is 2.23. The number of piperidine rings is 1. The Kier molecular flexibility index (Phi) is 4.00. The molecule has 0 saturated carbocycles. The average molecular weight is 262 g/mol. The Balaban J connectivity index is 2.26. The predicted octanol–water partition coefficient (Wildman–Crippen LogP) is 2.35. The highest BCUT2D eigenvalue weighted by molar-refractivity contribution is 5.95. The molecular weight excluding hydrogens is 247 g/mol. The third-order valence-electron chi connectivity index (χ3n) is 3.31. The molecule has 2 rings (SSSR count). The highest BCUT2D eigenvalue weighted by atomic mass is 19.1. The van der Waals surface area contributed by atoms with Gasteiger partial charge in [-0.05, 0) is 37.5 Å². The molecule has 0 N–H and O–H groups in total. The van der Waals surface area contributed by atoms with Crippen molar-refractivity contribution in [3.63, 3.8) is 0 Å². The number of benzene rings is 1. The molecule has 0 radical (unpaired) electrons. The van der Waals surface area contributed by atoms with Crippen molar-refractivity contribution in [2.75, 3.05) is 13.7 Å². The van der Waals surface area contributed by atoms with Crippen molar-refractivity contribution in [3.8, 4) is 11.8 Å². The lowest BCUT2D eigenvalue weighted by molar-refractivity contribution is 0.0670. The van der Waals surface area contributed by atoms with Crippen molar-refractivity contribution in [3.05, 3.63) is 29.6 Å². The number of carbonyl (C=O) groups is 1. The van der Waals surface area contributed by atoms with Crippen LogP contribution in [0.1, 0.15) is 29.6 Å². The Hall–Kier alpha value is -2.09. The van der Waals surface area contributed by atoms with Crippen molar-refractivity contribution in [2.24, 2.45) is 0 Å².